The highest BCUT2D eigenvalue weighted by Crippen LogP contribution is 2.27. The molecule has 1 saturated heterocycles. The van der Waals surface area contributed by atoms with Crippen molar-refractivity contribution >= 4 is 5.91 Å². The summed E-state index contributed by atoms with van der Waals surface area (Å²) >= 11 is 0. The van der Waals surface area contributed by atoms with Crippen LogP contribution < -0.4 is 5.32 Å². The van der Waals surface area contributed by atoms with E-state index in [0.717, 1.165) is 19.0 Å². The molecule has 1 amide bonds. The molecular weight excluding hydrogens is 236 g/mol. The number of carbonyl (C=O) groups is 1. The van der Waals surface area contributed by atoms with Crippen LogP contribution in [0.1, 0.15) is 65.2 Å². The van der Waals surface area contributed by atoms with Gasteiger partial charge in [-0.1, -0.05) is 25.7 Å². The van der Waals surface area contributed by atoms with E-state index in [2.05, 4.69) is 17.1 Å². The van der Waals surface area contributed by atoms with Crippen molar-refractivity contribution in [1.82, 2.24) is 10.2 Å². The van der Waals surface area contributed by atoms with Gasteiger partial charge in [0.15, 0.2) is 0 Å². The molecule has 2 atom stereocenters. The Bertz CT molecular complexity index is 278. The van der Waals surface area contributed by atoms with Crippen molar-refractivity contribution in [1.29, 1.82) is 0 Å². The first-order valence-corrected chi connectivity index (χ1v) is 8.23. The van der Waals surface area contributed by atoms with Crippen molar-refractivity contribution in [3.8, 4) is 0 Å². The number of nitrogens with zero attached hydrogens (tertiary/aromatic N) is 1. The van der Waals surface area contributed by atoms with Gasteiger partial charge in [-0.15, -0.1) is 0 Å². The molecule has 3 heteroatoms. The van der Waals surface area contributed by atoms with Gasteiger partial charge in [0.1, 0.15) is 0 Å². The van der Waals surface area contributed by atoms with Crippen LogP contribution in [0, 0.1) is 5.92 Å². The topological polar surface area (TPSA) is 32.3 Å². The average Bonchev–Trinajstić information content (AvgIpc) is 2.81. The molecule has 1 aliphatic carbocycles. The van der Waals surface area contributed by atoms with Crippen LogP contribution in [0.2, 0.25) is 0 Å². The largest absolute Gasteiger partial charge is 0.341 e. The van der Waals surface area contributed by atoms with Gasteiger partial charge in [-0.2, -0.15) is 0 Å². The van der Waals surface area contributed by atoms with Gasteiger partial charge < -0.3 is 10.2 Å². The Morgan fingerprint density at radius 1 is 1.00 bits per heavy atom. The molecule has 19 heavy (non-hydrogen) atoms. The van der Waals surface area contributed by atoms with E-state index in [9.17, 15) is 4.79 Å². The van der Waals surface area contributed by atoms with Crippen molar-refractivity contribution in [2.45, 2.75) is 77.3 Å². The predicted octanol–water partition coefficient (Wildman–Crippen LogP) is 2.95. The van der Waals surface area contributed by atoms with Gasteiger partial charge in [-0.3, -0.25) is 4.79 Å². The lowest BCUT2D eigenvalue weighted by Crippen LogP contribution is -2.49. The Hall–Kier alpha value is -0.570. The monoisotopic (exact) mass is 266 g/mol. The maximum Gasteiger partial charge on any atom is 0.239 e. The lowest BCUT2D eigenvalue weighted by Gasteiger charge is -2.28. The zero-order chi connectivity index (χ0) is 13.7. The van der Waals surface area contributed by atoms with E-state index >= 15 is 0 Å². The summed E-state index contributed by atoms with van der Waals surface area (Å²) in [6.07, 6.45) is 10.3. The lowest BCUT2D eigenvalue weighted by molar-refractivity contribution is -0.133. The molecule has 1 aliphatic heterocycles. The standard InChI is InChI=1S/C16H30N2O/c1-13(15-9-5-6-10-15)17-14(2)16(19)18-11-7-3-4-8-12-18/h13-15,17H,3-12H2,1-2H3/t13-,14?/m1/s1. The summed E-state index contributed by atoms with van der Waals surface area (Å²) < 4.78 is 0. The second-order valence-electron chi connectivity index (χ2n) is 6.46. The van der Waals surface area contributed by atoms with E-state index in [1.165, 1.54) is 51.4 Å². The molecule has 0 bridgehead atoms. The van der Waals surface area contributed by atoms with Gasteiger partial charge in [0.25, 0.3) is 0 Å². The van der Waals surface area contributed by atoms with Gasteiger partial charge in [-0.05, 0) is 45.4 Å². The first kappa shape index (κ1) is 14.8. The van der Waals surface area contributed by atoms with Crippen molar-refractivity contribution in [2.75, 3.05) is 13.1 Å². The number of carbonyl (C=O) groups excluding carboxylic acids is 1. The molecule has 0 aromatic heterocycles. The Balaban J connectivity index is 1.80. The molecule has 1 heterocycles. The fraction of sp³-hybridized carbons (Fsp3) is 0.938. The summed E-state index contributed by atoms with van der Waals surface area (Å²) in [5.41, 5.74) is 0. The van der Waals surface area contributed by atoms with Gasteiger partial charge >= 0.3 is 0 Å². The number of likely N-dealkylation sites (tertiary alicyclic amines) is 1. The molecule has 1 saturated carbocycles. The van der Waals surface area contributed by atoms with Crippen LogP contribution in [0.4, 0.5) is 0 Å². The van der Waals surface area contributed by atoms with Crippen LogP contribution in [0.3, 0.4) is 0 Å². The van der Waals surface area contributed by atoms with E-state index in [-0.39, 0.29) is 6.04 Å². The van der Waals surface area contributed by atoms with Crippen molar-refractivity contribution < 1.29 is 4.79 Å². The quantitative estimate of drug-likeness (QED) is 0.848. The zero-order valence-electron chi connectivity index (χ0n) is 12.7. The number of nitrogens with one attached hydrogen (secondary N) is 1. The fourth-order valence-corrected chi connectivity index (χ4v) is 3.62. The second kappa shape index (κ2) is 7.28. The summed E-state index contributed by atoms with van der Waals surface area (Å²) in [4.78, 5) is 14.5. The third-order valence-electron chi connectivity index (χ3n) is 4.91. The Morgan fingerprint density at radius 3 is 2.16 bits per heavy atom. The van der Waals surface area contributed by atoms with Crippen LogP contribution in [0.15, 0.2) is 0 Å². The van der Waals surface area contributed by atoms with Crippen molar-refractivity contribution in [2.24, 2.45) is 5.92 Å². The van der Waals surface area contributed by atoms with E-state index in [1.807, 2.05) is 6.92 Å². The first-order valence-electron chi connectivity index (χ1n) is 8.23. The van der Waals surface area contributed by atoms with Gasteiger partial charge in [0.2, 0.25) is 5.91 Å². The molecule has 0 spiro atoms. The van der Waals surface area contributed by atoms with Crippen LogP contribution in [0.5, 0.6) is 0 Å². The van der Waals surface area contributed by atoms with Crippen LogP contribution in [-0.2, 0) is 4.79 Å². The van der Waals surface area contributed by atoms with E-state index in [0.29, 0.717) is 11.9 Å². The second-order valence-corrected chi connectivity index (χ2v) is 6.46. The van der Waals surface area contributed by atoms with E-state index < -0.39 is 0 Å². The van der Waals surface area contributed by atoms with Crippen molar-refractivity contribution in [3.63, 3.8) is 0 Å². The Labute approximate surface area is 118 Å². The molecule has 2 rings (SSSR count). The van der Waals surface area contributed by atoms with Gasteiger partial charge in [0.05, 0.1) is 6.04 Å². The minimum Gasteiger partial charge on any atom is -0.341 e. The minimum atomic E-state index is -0.0197. The molecule has 1 unspecified atom stereocenters. The number of amides is 1. The highest BCUT2D eigenvalue weighted by molar-refractivity contribution is 5.81. The molecule has 2 aliphatic rings. The van der Waals surface area contributed by atoms with E-state index in [1.54, 1.807) is 0 Å². The molecule has 0 radical (unpaired) electrons. The Kier molecular flexibility index (Phi) is 5.68. The molecule has 110 valence electrons. The SMILES string of the molecule is CC(N[C@H](C)C1CCCC1)C(=O)N1CCCCCC1. The zero-order valence-corrected chi connectivity index (χ0v) is 12.7. The molecule has 1 N–H and O–H groups in total. The summed E-state index contributed by atoms with van der Waals surface area (Å²) in [7, 11) is 0. The van der Waals surface area contributed by atoms with E-state index in [4.69, 9.17) is 0 Å². The summed E-state index contributed by atoms with van der Waals surface area (Å²) in [5, 5.41) is 3.55. The maximum atomic E-state index is 12.5. The average molecular weight is 266 g/mol. The number of hydrogen-bond acceptors (Lipinski definition) is 2. The lowest BCUT2D eigenvalue weighted by atomic mass is 9.99. The molecule has 0 aromatic rings. The van der Waals surface area contributed by atoms with Crippen LogP contribution in [-0.4, -0.2) is 36.0 Å². The number of hydrogen-bond donors (Lipinski definition) is 1. The van der Waals surface area contributed by atoms with Crippen LogP contribution in [0.25, 0.3) is 0 Å². The summed E-state index contributed by atoms with van der Waals surface area (Å²) in [6.45, 7) is 6.21. The first-order chi connectivity index (χ1) is 9.18. The van der Waals surface area contributed by atoms with Crippen molar-refractivity contribution in [3.05, 3.63) is 0 Å². The maximum absolute atomic E-state index is 12.5. The van der Waals surface area contributed by atoms with Gasteiger partial charge in [-0.25, -0.2) is 0 Å². The summed E-state index contributed by atoms with van der Waals surface area (Å²) in [6, 6.07) is 0.460. The van der Waals surface area contributed by atoms with Crippen LogP contribution >= 0.6 is 0 Å². The Morgan fingerprint density at radius 2 is 1.58 bits per heavy atom. The molecule has 2 fully saturated rings. The molecular formula is C16H30N2O. The minimum absolute atomic E-state index is 0.0197. The predicted molar refractivity (Wildman–Crippen MR) is 79.1 cm³/mol. The fourth-order valence-electron chi connectivity index (χ4n) is 3.62. The smallest absolute Gasteiger partial charge is 0.239 e. The third-order valence-corrected chi connectivity index (χ3v) is 4.91. The normalized spacial score (nSPS) is 25.1. The summed E-state index contributed by atoms with van der Waals surface area (Å²) in [5.74, 6) is 1.09. The van der Waals surface area contributed by atoms with Gasteiger partial charge in [0, 0.05) is 19.1 Å². The highest BCUT2D eigenvalue weighted by Gasteiger charge is 2.26. The molecule has 3 nitrogen and oxygen atoms in total. The number of rotatable bonds is 4. The molecule has 0 aromatic carbocycles. The highest BCUT2D eigenvalue weighted by atomic mass is 16.2. The third kappa shape index (κ3) is 4.20.